The summed E-state index contributed by atoms with van der Waals surface area (Å²) in [6, 6.07) is 0. The minimum Gasteiger partial charge on any atom is -0.338 e. The van der Waals surface area contributed by atoms with E-state index >= 15 is 0 Å². The van der Waals surface area contributed by atoms with Crippen LogP contribution in [0, 0.1) is 5.92 Å². The van der Waals surface area contributed by atoms with E-state index in [1.807, 2.05) is 11.9 Å². The highest BCUT2D eigenvalue weighted by molar-refractivity contribution is 6.00. The Labute approximate surface area is 117 Å². The Morgan fingerprint density at radius 3 is 3.25 bits per heavy atom. The number of rotatable bonds is 3. The molecule has 0 saturated carbocycles. The van der Waals surface area contributed by atoms with Crippen molar-refractivity contribution in [3.05, 3.63) is 30.4 Å². The predicted octanol–water partition coefficient (Wildman–Crippen LogP) is 0.801. The number of aromatic nitrogens is 3. The molecule has 3 rings (SSSR count). The Hall–Kier alpha value is -1.95. The molecular formula is C14H19N5O. The molecule has 0 radical (unpaired) electrons. The molecule has 0 aromatic carbocycles. The molecule has 1 atom stereocenters. The highest BCUT2D eigenvalue weighted by Crippen LogP contribution is 2.19. The van der Waals surface area contributed by atoms with Gasteiger partial charge in [0.2, 0.25) is 0 Å². The Kier molecular flexibility index (Phi) is 3.64. The van der Waals surface area contributed by atoms with Crippen LogP contribution < -0.4 is 5.32 Å². The van der Waals surface area contributed by atoms with Gasteiger partial charge < -0.3 is 10.2 Å². The Balaban J connectivity index is 1.81. The summed E-state index contributed by atoms with van der Waals surface area (Å²) >= 11 is 0. The van der Waals surface area contributed by atoms with E-state index in [1.165, 1.54) is 6.42 Å². The van der Waals surface area contributed by atoms with Crippen LogP contribution in [0.4, 0.5) is 0 Å². The average Bonchev–Trinajstić information content (AvgIpc) is 2.91. The second kappa shape index (κ2) is 5.58. The van der Waals surface area contributed by atoms with Crippen LogP contribution in [0.5, 0.6) is 0 Å². The standard InChI is InChI=1S/C14H19N5O/c1-15-7-11-3-2-5-18(10-11)14(20)12-8-17-19-6-4-16-9-13(12)19/h4,6,8-9,11,15H,2-3,5,7,10H2,1H3. The van der Waals surface area contributed by atoms with Crippen LogP contribution in [-0.4, -0.2) is 52.1 Å². The maximum absolute atomic E-state index is 12.6. The first-order valence-corrected chi connectivity index (χ1v) is 7.01. The molecule has 3 heterocycles. The van der Waals surface area contributed by atoms with Crippen molar-refractivity contribution in [3.63, 3.8) is 0 Å². The van der Waals surface area contributed by atoms with E-state index in [0.717, 1.165) is 31.6 Å². The van der Waals surface area contributed by atoms with Gasteiger partial charge in [-0.05, 0) is 32.4 Å². The molecular weight excluding hydrogens is 254 g/mol. The van der Waals surface area contributed by atoms with Gasteiger partial charge in [-0.1, -0.05) is 0 Å². The summed E-state index contributed by atoms with van der Waals surface area (Å²) in [6.07, 6.45) is 9.00. The second-order valence-corrected chi connectivity index (χ2v) is 5.28. The van der Waals surface area contributed by atoms with Gasteiger partial charge in [0.1, 0.15) is 0 Å². The van der Waals surface area contributed by atoms with Crippen molar-refractivity contribution in [2.24, 2.45) is 5.92 Å². The summed E-state index contributed by atoms with van der Waals surface area (Å²) < 4.78 is 1.69. The molecule has 1 aliphatic heterocycles. The number of hydrogen-bond acceptors (Lipinski definition) is 4. The summed E-state index contributed by atoms with van der Waals surface area (Å²) in [5, 5.41) is 7.40. The van der Waals surface area contributed by atoms with Gasteiger partial charge in [0, 0.05) is 25.5 Å². The number of hydrogen-bond donors (Lipinski definition) is 1. The molecule has 6 nitrogen and oxygen atoms in total. The zero-order valence-electron chi connectivity index (χ0n) is 11.6. The fraction of sp³-hybridized carbons (Fsp3) is 0.500. The minimum absolute atomic E-state index is 0.0637. The first-order chi connectivity index (χ1) is 9.79. The minimum atomic E-state index is 0.0637. The van der Waals surface area contributed by atoms with Crippen LogP contribution >= 0.6 is 0 Å². The van der Waals surface area contributed by atoms with Crippen LogP contribution in [0.3, 0.4) is 0 Å². The number of carbonyl (C=O) groups excluding carboxylic acids is 1. The SMILES string of the molecule is CNCC1CCCN(C(=O)c2cnn3ccncc23)C1. The summed E-state index contributed by atoms with van der Waals surface area (Å²) in [6.45, 7) is 2.61. The van der Waals surface area contributed by atoms with Crippen LogP contribution in [0.25, 0.3) is 5.52 Å². The molecule has 0 spiro atoms. The van der Waals surface area contributed by atoms with Gasteiger partial charge in [0.15, 0.2) is 0 Å². The quantitative estimate of drug-likeness (QED) is 0.898. The van der Waals surface area contributed by atoms with Crippen molar-refractivity contribution in [1.82, 2.24) is 24.8 Å². The van der Waals surface area contributed by atoms with Gasteiger partial charge in [-0.15, -0.1) is 0 Å². The molecule has 1 unspecified atom stereocenters. The zero-order valence-corrected chi connectivity index (χ0v) is 11.6. The van der Waals surface area contributed by atoms with Gasteiger partial charge in [-0.25, -0.2) is 4.52 Å². The predicted molar refractivity (Wildman–Crippen MR) is 75.5 cm³/mol. The fourth-order valence-electron chi connectivity index (χ4n) is 2.87. The molecule has 1 aliphatic rings. The normalized spacial score (nSPS) is 19.4. The molecule has 0 bridgehead atoms. The van der Waals surface area contributed by atoms with Crippen molar-refractivity contribution in [2.75, 3.05) is 26.7 Å². The average molecular weight is 273 g/mol. The van der Waals surface area contributed by atoms with Crippen molar-refractivity contribution >= 4 is 11.4 Å². The Morgan fingerprint density at radius 1 is 1.50 bits per heavy atom. The first kappa shape index (κ1) is 13.1. The van der Waals surface area contributed by atoms with Crippen LogP contribution in [0.15, 0.2) is 24.8 Å². The number of likely N-dealkylation sites (tertiary alicyclic amines) is 1. The Morgan fingerprint density at radius 2 is 2.40 bits per heavy atom. The van der Waals surface area contributed by atoms with Gasteiger partial charge in [0.25, 0.3) is 5.91 Å². The van der Waals surface area contributed by atoms with Crippen molar-refractivity contribution < 1.29 is 4.79 Å². The van der Waals surface area contributed by atoms with Crippen LogP contribution in [-0.2, 0) is 0 Å². The number of piperidine rings is 1. The van der Waals surface area contributed by atoms with Gasteiger partial charge in [-0.3, -0.25) is 9.78 Å². The van der Waals surface area contributed by atoms with E-state index in [1.54, 1.807) is 29.3 Å². The zero-order chi connectivity index (χ0) is 13.9. The third kappa shape index (κ3) is 2.38. The lowest BCUT2D eigenvalue weighted by molar-refractivity contribution is 0.0676. The number of nitrogens with one attached hydrogen (secondary N) is 1. The maximum Gasteiger partial charge on any atom is 0.257 e. The first-order valence-electron chi connectivity index (χ1n) is 7.01. The third-order valence-corrected chi connectivity index (χ3v) is 3.85. The number of nitrogens with zero attached hydrogens (tertiary/aromatic N) is 4. The lowest BCUT2D eigenvalue weighted by Crippen LogP contribution is -2.42. The highest BCUT2D eigenvalue weighted by Gasteiger charge is 2.25. The van der Waals surface area contributed by atoms with E-state index in [2.05, 4.69) is 15.4 Å². The number of amides is 1. The molecule has 20 heavy (non-hydrogen) atoms. The monoisotopic (exact) mass is 273 g/mol. The van der Waals surface area contributed by atoms with E-state index in [0.29, 0.717) is 11.5 Å². The summed E-state index contributed by atoms with van der Waals surface area (Å²) in [5.74, 6) is 0.603. The maximum atomic E-state index is 12.6. The lowest BCUT2D eigenvalue weighted by Gasteiger charge is -2.32. The largest absolute Gasteiger partial charge is 0.338 e. The van der Waals surface area contributed by atoms with E-state index in [9.17, 15) is 4.79 Å². The molecule has 1 amide bonds. The molecule has 6 heteroatoms. The summed E-state index contributed by atoms with van der Waals surface area (Å²) in [4.78, 5) is 18.7. The van der Waals surface area contributed by atoms with Gasteiger partial charge in [0.05, 0.1) is 23.5 Å². The third-order valence-electron chi connectivity index (χ3n) is 3.85. The van der Waals surface area contributed by atoms with E-state index in [-0.39, 0.29) is 5.91 Å². The molecule has 2 aromatic rings. The lowest BCUT2D eigenvalue weighted by atomic mass is 9.97. The summed E-state index contributed by atoms with van der Waals surface area (Å²) in [7, 11) is 1.96. The smallest absolute Gasteiger partial charge is 0.257 e. The highest BCUT2D eigenvalue weighted by atomic mass is 16.2. The fourth-order valence-corrected chi connectivity index (χ4v) is 2.87. The van der Waals surface area contributed by atoms with Gasteiger partial charge in [-0.2, -0.15) is 5.10 Å². The van der Waals surface area contributed by atoms with E-state index < -0.39 is 0 Å². The van der Waals surface area contributed by atoms with Crippen molar-refractivity contribution in [3.8, 4) is 0 Å². The van der Waals surface area contributed by atoms with E-state index in [4.69, 9.17) is 0 Å². The van der Waals surface area contributed by atoms with Crippen LogP contribution in [0.1, 0.15) is 23.2 Å². The van der Waals surface area contributed by atoms with Crippen molar-refractivity contribution in [1.29, 1.82) is 0 Å². The molecule has 2 aromatic heterocycles. The summed E-state index contributed by atoms with van der Waals surface area (Å²) in [5.41, 5.74) is 1.41. The molecule has 0 aliphatic carbocycles. The molecule has 1 saturated heterocycles. The van der Waals surface area contributed by atoms with Crippen LogP contribution in [0.2, 0.25) is 0 Å². The molecule has 1 fully saturated rings. The topological polar surface area (TPSA) is 62.5 Å². The Bertz CT molecular complexity index is 606. The molecule has 106 valence electrons. The second-order valence-electron chi connectivity index (χ2n) is 5.28. The molecule has 1 N–H and O–H groups in total. The number of carbonyl (C=O) groups is 1. The number of fused-ring (bicyclic) bond motifs is 1. The van der Waals surface area contributed by atoms with Crippen molar-refractivity contribution in [2.45, 2.75) is 12.8 Å². The van der Waals surface area contributed by atoms with Gasteiger partial charge >= 0.3 is 0 Å².